The lowest BCUT2D eigenvalue weighted by Crippen LogP contribution is -2.33. The summed E-state index contributed by atoms with van der Waals surface area (Å²) in [4.78, 5) is 15.8. The Bertz CT molecular complexity index is 381. The molecular weight excluding hydrogens is 190 g/mol. The van der Waals surface area contributed by atoms with Crippen molar-refractivity contribution >= 4 is 5.97 Å². The molecule has 0 spiro atoms. The zero-order chi connectivity index (χ0) is 10.9. The molecule has 0 unspecified atom stereocenters. The van der Waals surface area contributed by atoms with Crippen molar-refractivity contribution in [2.45, 2.75) is 38.0 Å². The molecule has 15 heavy (non-hydrogen) atoms. The minimum atomic E-state index is -0.724. The second-order valence-corrected chi connectivity index (χ2v) is 4.26. The molecule has 0 saturated heterocycles. The van der Waals surface area contributed by atoms with Crippen LogP contribution in [0.3, 0.4) is 0 Å². The zero-order valence-corrected chi connectivity index (χ0v) is 8.86. The van der Waals surface area contributed by atoms with E-state index in [0.29, 0.717) is 0 Å². The molecule has 1 aromatic rings. The van der Waals surface area contributed by atoms with Gasteiger partial charge in [-0.2, -0.15) is 0 Å². The first-order chi connectivity index (χ1) is 7.15. The maximum Gasteiger partial charge on any atom is 0.315 e. The molecule has 1 fully saturated rings. The van der Waals surface area contributed by atoms with E-state index in [-0.39, 0.29) is 0 Å². The number of rotatable bonds is 2. The van der Waals surface area contributed by atoms with Crippen LogP contribution < -0.4 is 0 Å². The Balaban J connectivity index is 2.45. The van der Waals surface area contributed by atoms with Crippen molar-refractivity contribution in [2.75, 3.05) is 0 Å². The van der Waals surface area contributed by atoms with Crippen LogP contribution >= 0.6 is 0 Å². The minimum Gasteiger partial charge on any atom is -0.481 e. The highest BCUT2D eigenvalue weighted by Crippen LogP contribution is 2.40. The van der Waals surface area contributed by atoms with Crippen LogP contribution in [0.15, 0.2) is 18.2 Å². The van der Waals surface area contributed by atoms with Crippen molar-refractivity contribution in [3.05, 3.63) is 29.6 Å². The summed E-state index contributed by atoms with van der Waals surface area (Å²) in [5.74, 6) is -0.724. The second-order valence-electron chi connectivity index (χ2n) is 4.26. The number of pyridine rings is 1. The number of nitrogens with zero attached hydrogens (tertiary/aromatic N) is 1. The van der Waals surface area contributed by atoms with Crippen molar-refractivity contribution in [3.8, 4) is 0 Å². The van der Waals surface area contributed by atoms with Gasteiger partial charge < -0.3 is 5.11 Å². The summed E-state index contributed by atoms with van der Waals surface area (Å²) in [5, 5.41) is 9.37. The average Bonchev–Trinajstić information content (AvgIpc) is 2.67. The van der Waals surface area contributed by atoms with Gasteiger partial charge in [-0.15, -0.1) is 0 Å². The van der Waals surface area contributed by atoms with E-state index in [0.717, 1.165) is 37.1 Å². The van der Waals surface area contributed by atoms with Crippen molar-refractivity contribution in [1.82, 2.24) is 4.98 Å². The fourth-order valence-corrected chi connectivity index (χ4v) is 2.37. The second kappa shape index (κ2) is 3.65. The van der Waals surface area contributed by atoms with Crippen LogP contribution in [0.25, 0.3) is 0 Å². The van der Waals surface area contributed by atoms with E-state index < -0.39 is 11.4 Å². The number of aromatic nitrogens is 1. The highest BCUT2D eigenvalue weighted by molar-refractivity contribution is 5.81. The predicted octanol–water partition coefficient (Wildman–Crippen LogP) is 2.29. The van der Waals surface area contributed by atoms with E-state index in [1.54, 1.807) is 0 Å². The number of aliphatic carboxylic acids is 1. The predicted molar refractivity (Wildman–Crippen MR) is 56.8 cm³/mol. The molecule has 1 aliphatic carbocycles. The molecular formula is C12H15NO2. The Morgan fingerprint density at radius 2 is 2.07 bits per heavy atom. The summed E-state index contributed by atoms with van der Waals surface area (Å²) in [7, 11) is 0. The van der Waals surface area contributed by atoms with Gasteiger partial charge in [0.2, 0.25) is 0 Å². The summed E-state index contributed by atoms with van der Waals surface area (Å²) < 4.78 is 0. The van der Waals surface area contributed by atoms with Crippen LogP contribution in [0.5, 0.6) is 0 Å². The first-order valence-corrected chi connectivity index (χ1v) is 5.33. The molecule has 0 bridgehead atoms. The molecule has 1 heterocycles. The lowest BCUT2D eigenvalue weighted by atomic mass is 9.82. The molecule has 1 aromatic heterocycles. The molecule has 0 aromatic carbocycles. The zero-order valence-electron chi connectivity index (χ0n) is 8.86. The Morgan fingerprint density at radius 1 is 1.40 bits per heavy atom. The van der Waals surface area contributed by atoms with Gasteiger partial charge in [0.25, 0.3) is 0 Å². The van der Waals surface area contributed by atoms with E-state index in [4.69, 9.17) is 0 Å². The van der Waals surface area contributed by atoms with Crippen LogP contribution in [0.4, 0.5) is 0 Å². The number of hydrogen-bond acceptors (Lipinski definition) is 2. The number of aryl methyl sites for hydroxylation is 1. The van der Waals surface area contributed by atoms with Gasteiger partial charge in [0.05, 0.1) is 5.69 Å². The first kappa shape index (κ1) is 10.1. The van der Waals surface area contributed by atoms with Crippen LogP contribution in [-0.4, -0.2) is 16.1 Å². The molecule has 3 nitrogen and oxygen atoms in total. The highest BCUT2D eigenvalue weighted by atomic mass is 16.4. The number of carboxylic acid groups (broad SMARTS) is 1. The Labute approximate surface area is 89.2 Å². The SMILES string of the molecule is Cc1cccc(C2(C(=O)O)CCCC2)n1. The van der Waals surface area contributed by atoms with Gasteiger partial charge in [0, 0.05) is 5.69 Å². The third-order valence-electron chi connectivity index (χ3n) is 3.25. The van der Waals surface area contributed by atoms with Crippen molar-refractivity contribution in [3.63, 3.8) is 0 Å². The average molecular weight is 205 g/mol. The summed E-state index contributed by atoms with van der Waals surface area (Å²) in [5.41, 5.74) is 0.902. The van der Waals surface area contributed by atoms with Gasteiger partial charge in [-0.1, -0.05) is 18.9 Å². The van der Waals surface area contributed by atoms with E-state index in [2.05, 4.69) is 4.98 Å². The van der Waals surface area contributed by atoms with Crippen molar-refractivity contribution in [2.24, 2.45) is 0 Å². The van der Waals surface area contributed by atoms with E-state index in [1.165, 1.54) is 0 Å². The largest absolute Gasteiger partial charge is 0.481 e. The fourth-order valence-electron chi connectivity index (χ4n) is 2.37. The van der Waals surface area contributed by atoms with Gasteiger partial charge in [-0.3, -0.25) is 9.78 Å². The molecule has 0 amide bonds. The summed E-state index contributed by atoms with van der Waals surface area (Å²) >= 11 is 0. The molecule has 1 saturated carbocycles. The first-order valence-electron chi connectivity index (χ1n) is 5.33. The van der Waals surface area contributed by atoms with Gasteiger partial charge in [0.15, 0.2) is 0 Å². The topological polar surface area (TPSA) is 50.2 Å². The molecule has 0 aliphatic heterocycles. The van der Waals surface area contributed by atoms with Gasteiger partial charge in [-0.25, -0.2) is 0 Å². The van der Waals surface area contributed by atoms with E-state index in [1.807, 2.05) is 25.1 Å². The standard InChI is InChI=1S/C12H15NO2/c1-9-5-4-6-10(13-9)12(11(14)15)7-2-3-8-12/h4-6H,2-3,7-8H2,1H3,(H,14,15). The summed E-state index contributed by atoms with van der Waals surface area (Å²) in [6.45, 7) is 1.90. The molecule has 1 aliphatic rings. The molecule has 80 valence electrons. The molecule has 0 radical (unpaired) electrons. The van der Waals surface area contributed by atoms with Crippen LogP contribution in [0.1, 0.15) is 37.1 Å². The lowest BCUT2D eigenvalue weighted by Gasteiger charge is -2.23. The summed E-state index contributed by atoms with van der Waals surface area (Å²) in [6.07, 6.45) is 3.42. The maximum absolute atomic E-state index is 11.4. The molecule has 0 atom stereocenters. The Kier molecular flexibility index (Phi) is 2.47. The Hall–Kier alpha value is -1.38. The van der Waals surface area contributed by atoms with E-state index in [9.17, 15) is 9.90 Å². The van der Waals surface area contributed by atoms with E-state index >= 15 is 0 Å². The summed E-state index contributed by atoms with van der Waals surface area (Å²) in [6, 6.07) is 5.63. The van der Waals surface area contributed by atoms with Crippen molar-refractivity contribution in [1.29, 1.82) is 0 Å². The smallest absolute Gasteiger partial charge is 0.315 e. The maximum atomic E-state index is 11.4. The molecule has 2 rings (SSSR count). The quantitative estimate of drug-likeness (QED) is 0.805. The number of hydrogen-bond donors (Lipinski definition) is 1. The van der Waals surface area contributed by atoms with Gasteiger partial charge in [-0.05, 0) is 31.9 Å². The molecule has 3 heteroatoms. The molecule has 1 N–H and O–H groups in total. The minimum absolute atomic E-state index is 0.716. The number of carboxylic acids is 1. The van der Waals surface area contributed by atoms with Crippen LogP contribution in [-0.2, 0) is 10.2 Å². The number of carbonyl (C=O) groups is 1. The third-order valence-corrected chi connectivity index (χ3v) is 3.25. The lowest BCUT2D eigenvalue weighted by molar-refractivity contribution is -0.143. The van der Waals surface area contributed by atoms with Gasteiger partial charge in [0.1, 0.15) is 5.41 Å². The van der Waals surface area contributed by atoms with Crippen LogP contribution in [0, 0.1) is 6.92 Å². The normalized spacial score (nSPS) is 19.0. The van der Waals surface area contributed by atoms with Crippen LogP contribution in [0.2, 0.25) is 0 Å². The highest BCUT2D eigenvalue weighted by Gasteiger charge is 2.44. The Morgan fingerprint density at radius 3 is 2.60 bits per heavy atom. The van der Waals surface area contributed by atoms with Crippen molar-refractivity contribution < 1.29 is 9.90 Å². The third kappa shape index (κ3) is 1.62. The van der Waals surface area contributed by atoms with Gasteiger partial charge >= 0.3 is 5.97 Å². The monoisotopic (exact) mass is 205 g/mol. The fraction of sp³-hybridized carbons (Fsp3) is 0.500.